The summed E-state index contributed by atoms with van der Waals surface area (Å²) in [6.07, 6.45) is 5.33. The maximum absolute atomic E-state index is 13.3. The van der Waals surface area contributed by atoms with Gasteiger partial charge in [0.15, 0.2) is 0 Å². The number of carbonyl (C=O) groups is 1. The number of rotatable bonds is 5. The Labute approximate surface area is 200 Å². The number of nitrogens with zero attached hydrogens (tertiary/aromatic N) is 6. The summed E-state index contributed by atoms with van der Waals surface area (Å²) in [4.78, 5) is 33.3. The second-order valence-corrected chi connectivity index (χ2v) is 8.78. The number of pyridine rings is 1. The molecule has 1 atom stereocenters. The molecule has 1 unspecified atom stereocenters. The van der Waals surface area contributed by atoms with Gasteiger partial charge in [0.1, 0.15) is 23.7 Å². The number of ether oxygens (including phenoxy) is 1. The second-order valence-electron chi connectivity index (χ2n) is 8.78. The van der Waals surface area contributed by atoms with Gasteiger partial charge in [-0.15, -0.1) is 0 Å². The number of carbonyl (C=O) groups excluding carboxylic acids is 1. The Morgan fingerprint density at radius 3 is 2.47 bits per heavy atom. The number of methoxy groups -OCH3 is 1. The number of aromatic nitrogens is 3. The number of piperazine rings is 1. The molecule has 2 saturated heterocycles. The van der Waals surface area contributed by atoms with Crippen LogP contribution in [0.1, 0.15) is 12.8 Å². The second kappa shape index (κ2) is 10.1. The average molecular weight is 459 g/mol. The lowest BCUT2D eigenvalue weighted by atomic mass is 9.96. The molecule has 0 saturated carbocycles. The topological polar surface area (TPSA) is 74.7 Å². The third-order valence-electron chi connectivity index (χ3n) is 6.70. The van der Waals surface area contributed by atoms with Crippen LogP contribution in [0.5, 0.6) is 5.75 Å². The smallest absolute Gasteiger partial charge is 0.227 e. The summed E-state index contributed by atoms with van der Waals surface area (Å²) < 4.78 is 5.25. The molecule has 34 heavy (non-hydrogen) atoms. The van der Waals surface area contributed by atoms with Crippen molar-refractivity contribution in [1.82, 2.24) is 19.9 Å². The van der Waals surface area contributed by atoms with E-state index in [1.165, 1.54) is 0 Å². The van der Waals surface area contributed by atoms with E-state index in [0.29, 0.717) is 6.54 Å². The van der Waals surface area contributed by atoms with Gasteiger partial charge in [-0.25, -0.2) is 15.0 Å². The summed E-state index contributed by atoms with van der Waals surface area (Å²) >= 11 is 0. The molecule has 8 heteroatoms. The van der Waals surface area contributed by atoms with Crippen LogP contribution in [0.15, 0.2) is 61.1 Å². The first kappa shape index (κ1) is 22.1. The quantitative estimate of drug-likeness (QED) is 0.582. The molecule has 176 valence electrons. The molecule has 2 aromatic heterocycles. The Morgan fingerprint density at radius 2 is 1.74 bits per heavy atom. The van der Waals surface area contributed by atoms with E-state index in [4.69, 9.17) is 4.74 Å². The van der Waals surface area contributed by atoms with Gasteiger partial charge in [-0.3, -0.25) is 4.79 Å². The highest BCUT2D eigenvalue weighted by molar-refractivity contribution is 5.80. The van der Waals surface area contributed by atoms with Crippen molar-refractivity contribution in [3.8, 4) is 17.0 Å². The van der Waals surface area contributed by atoms with E-state index < -0.39 is 0 Å². The minimum Gasteiger partial charge on any atom is -0.497 e. The normalized spacial score (nSPS) is 18.6. The SMILES string of the molecule is COc1ccc(-c2cc(N3CCCC(C(=O)N4CCN(c5ccccn5)CC4)C3)ncn2)cc1. The van der Waals surface area contributed by atoms with Crippen molar-refractivity contribution in [3.05, 3.63) is 61.1 Å². The summed E-state index contributed by atoms with van der Waals surface area (Å²) in [5, 5.41) is 0. The number of amides is 1. The zero-order chi connectivity index (χ0) is 23.3. The molecule has 0 radical (unpaired) electrons. The molecule has 1 aromatic carbocycles. The van der Waals surface area contributed by atoms with Crippen molar-refractivity contribution in [2.75, 3.05) is 56.2 Å². The Balaban J connectivity index is 1.22. The van der Waals surface area contributed by atoms with E-state index in [1.54, 1.807) is 13.4 Å². The Kier molecular flexibility index (Phi) is 6.56. The van der Waals surface area contributed by atoms with Crippen LogP contribution < -0.4 is 14.5 Å². The largest absolute Gasteiger partial charge is 0.497 e. The first-order valence-corrected chi connectivity index (χ1v) is 11.9. The van der Waals surface area contributed by atoms with Crippen LogP contribution in [0.2, 0.25) is 0 Å². The molecule has 4 heterocycles. The van der Waals surface area contributed by atoms with Gasteiger partial charge >= 0.3 is 0 Å². The van der Waals surface area contributed by atoms with Gasteiger partial charge in [0.05, 0.1) is 18.7 Å². The minimum atomic E-state index is -0.00504. The van der Waals surface area contributed by atoms with Crippen molar-refractivity contribution in [2.45, 2.75) is 12.8 Å². The monoisotopic (exact) mass is 458 g/mol. The van der Waals surface area contributed by atoms with Crippen molar-refractivity contribution < 1.29 is 9.53 Å². The molecule has 0 spiro atoms. The van der Waals surface area contributed by atoms with Gasteiger partial charge in [-0.1, -0.05) is 6.07 Å². The van der Waals surface area contributed by atoms with Crippen LogP contribution in [-0.4, -0.2) is 72.1 Å². The molecule has 8 nitrogen and oxygen atoms in total. The number of anilines is 2. The summed E-state index contributed by atoms with van der Waals surface area (Å²) in [5.41, 5.74) is 1.88. The van der Waals surface area contributed by atoms with Crippen LogP contribution in [0.25, 0.3) is 11.3 Å². The lowest BCUT2D eigenvalue weighted by Gasteiger charge is -2.39. The predicted molar refractivity (Wildman–Crippen MR) is 132 cm³/mol. The van der Waals surface area contributed by atoms with E-state index in [1.807, 2.05) is 59.6 Å². The fourth-order valence-corrected chi connectivity index (χ4v) is 4.78. The van der Waals surface area contributed by atoms with Crippen molar-refractivity contribution in [3.63, 3.8) is 0 Å². The number of hydrogen-bond donors (Lipinski definition) is 0. The fraction of sp³-hybridized carbons (Fsp3) is 0.385. The van der Waals surface area contributed by atoms with E-state index in [-0.39, 0.29) is 11.8 Å². The average Bonchev–Trinajstić information content (AvgIpc) is 2.93. The Bertz CT molecular complexity index is 1100. The van der Waals surface area contributed by atoms with E-state index in [9.17, 15) is 4.79 Å². The number of piperidine rings is 1. The molecular weight excluding hydrogens is 428 g/mol. The van der Waals surface area contributed by atoms with Gasteiger partial charge in [0.2, 0.25) is 5.91 Å². The van der Waals surface area contributed by atoms with E-state index >= 15 is 0 Å². The molecule has 3 aromatic rings. The molecule has 2 aliphatic heterocycles. The predicted octanol–water partition coefficient (Wildman–Crippen LogP) is 3.11. The van der Waals surface area contributed by atoms with Crippen LogP contribution >= 0.6 is 0 Å². The molecule has 2 fully saturated rings. The van der Waals surface area contributed by atoms with Gasteiger partial charge < -0.3 is 19.4 Å². The third-order valence-corrected chi connectivity index (χ3v) is 6.70. The number of benzene rings is 1. The minimum absolute atomic E-state index is 0.00504. The number of hydrogen-bond acceptors (Lipinski definition) is 7. The standard InChI is InChI=1S/C26H30N6O2/c1-34-22-9-7-20(8-10-22)23-17-25(29-19-28-23)32-12-4-5-21(18-32)26(33)31-15-13-30(14-16-31)24-6-2-3-11-27-24/h2-3,6-11,17,19,21H,4-5,12-16,18H2,1H3. The van der Waals surface area contributed by atoms with E-state index in [0.717, 1.165) is 74.2 Å². The van der Waals surface area contributed by atoms with Crippen LogP contribution in [0.4, 0.5) is 11.6 Å². The first-order valence-electron chi connectivity index (χ1n) is 11.9. The molecule has 0 aliphatic carbocycles. The van der Waals surface area contributed by atoms with Crippen LogP contribution in [-0.2, 0) is 4.79 Å². The van der Waals surface area contributed by atoms with Crippen molar-refractivity contribution >= 4 is 17.5 Å². The Hall–Kier alpha value is -3.68. The van der Waals surface area contributed by atoms with Gasteiger partial charge in [-0.05, 0) is 49.2 Å². The summed E-state index contributed by atoms with van der Waals surface area (Å²) in [5.74, 6) is 2.92. The van der Waals surface area contributed by atoms with E-state index in [2.05, 4.69) is 24.8 Å². The fourth-order valence-electron chi connectivity index (χ4n) is 4.78. The summed E-state index contributed by atoms with van der Waals surface area (Å²) in [6.45, 7) is 4.70. The van der Waals surface area contributed by atoms with Crippen LogP contribution in [0.3, 0.4) is 0 Å². The van der Waals surface area contributed by atoms with Gasteiger partial charge in [-0.2, -0.15) is 0 Å². The maximum Gasteiger partial charge on any atom is 0.227 e. The summed E-state index contributed by atoms with van der Waals surface area (Å²) in [6, 6.07) is 15.8. The van der Waals surface area contributed by atoms with Gasteiger partial charge in [0, 0.05) is 57.1 Å². The first-order chi connectivity index (χ1) is 16.7. The molecule has 5 rings (SSSR count). The molecule has 1 amide bonds. The lowest BCUT2D eigenvalue weighted by Crippen LogP contribution is -2.52. The third kappa shape index (κ3) is 4.81. The van der Waals surface area contributed by atoms with Gasteiger partial charge in [0.25, 0.3) is 0 Å². The van der Waals surface area contributed by atoms with Crippen molar-refractivity contribution in [2.24, 2.45) is 5.92 Å². The maximum atomic E-state index is 13.3. The highest BCUT2D eigenvalue weighted by atomic mass is 16.5. The zero-order valence-corrected chi connectivity index (χ0v) is 19.5. The highest BCUT2D eigenvalue weighted by Gasteiger charge is 2.31. The Morgan fingerprint density at radius 1 is 0.912 bits per heavy atom. The molecular formula is C26H30N6O2. The highest BCUT2D eigenvalue weighted by Crippen LogP contribution is 2.27. The van der Waals surface area contributed by atoms with Crippen molar-refractivity contribution in [1.29, 1.82) is 0 Å². The summed E-state index contributed by atoms with van der Waals surface area (Å²) in [7, 11) is 1.66. The van der Waals surface area contributed by atoms with Crippen LogP contribution in [0, 0.1) is 5.92 Å². The molecule has 2 aliphatic rings. The molecule has 0 N–H and O–H groups in total. The lowest BCUT2D eigenvalue weighted by molar-refractivity contribution is -0.136. The molecule has 0 bridgehead atoms. The zero-order valence-electron chi connectivity index (χ0n) is 19.5.